The third-order valence-corrected chi connectivity index (χ3v) is 4.54. The van der Waals surface area contributed by atoms with Crippen molar-refractivity contribution in [2.75, 3.05) is 5.01 Å². The molecule has 1 aromatic carbocycles. The number of rotatable bonds is 1. The van der Waals surface area contributed by atoms with Crippen LogP contribution in [0.5, 0.6) is 0 Å². The molecule has 0 atom stereocenters. The molecule has 0 bridgehead atoms. The molecule has 108 valence electrons. The predicted molar refractivity (Wildman–Crippen MR) is 65.5 cm³/mol. The lowest BCUT2D eigenvalue weighted by Gasteiger charge is -2.29. The summed E-state index contributed by atoms with van der Waals surface area (Å²) < 4.78 is 66.6. The Balaban J connectivity index is 2.28. The van der Waals surface area contributed by atoms with Crippen LogP contribution in [-0.4, -0.2) is 14.3 Å². The van der Waals surface area contributed by atoms with Crippen molar-refractivity contribution in [3.63, 3.8) is 0 Å². The van der Waals surface area contributed by atoms with Crippen LogP contribution in [0.1, 0.15) is 18.4 Å². The van der Waals surface area contributed by atoms with Gasteiger partial charge >= 0.3 is 6.18 Å². The first-order valence-electron chi connectivity index (χ1n) is 5.82. The number of hydrogen-bond donors (Lipinski definition) is 1. The Labute approximate surface area is 112 Å². The van der Waals surface area contributed by atoms with Gasteiger partial charge in [-0.15, -0.1) is 4.40 Å². The molecule has 0 saturated heterocycles. The van der Waals surface area contributed by atoms with Crippen molar-refractivity contribution in [3.05, 3.63) is 23.8 Å². The maximum atomic E-state index is 13.0. The van der Waals surface area contributed by atoms with E-state index in [-0.39, 0.29) is 11.8 Å². The highest BCUT2D eigenvalue weighted by Crippen LogP contribution is 2.44. The number of sulfonamides is 1. The maximum absolute atomic E-state index is 13.0. The highest BCUT2D eigenvalue weighted by atomic mass is 32.2. The van der Waals surface area contributed by atoms with E-state index in [0.29, 0.717) is 12.8 Å². The van der Waals surface area contributed by atoms with Crippen LogP contribution in [0.2, 0.25) is 0 Å². The zero-order valence-electron chi connectivity index (χ0n) is 10.1. The average Bonchev–Trinajstić information content (AvgIpc) is 3.16. The van der Waals surface area contributed by atoms with Crippen molar-refractivity contribution >= 4 is 21.5 Å². The number of anilines is 1. The SMILES string of the molecule is NN1C(C2CC2)=NS(=O)(=O)c2cccc(C(F)(F)F)c21. The number of hydrogen-bond acceptors (Lipinski definition) is 4. The van der Waals surface area contributed by atoms with Gasteiger partial charge in [-0.05, 0) is 25.0 Å². The molecule has 1 aliphatic heterocycles. The molecule has 5 nitrogen and oxygen atoms in total. The quantitative estimate of drug-likeness (QED) is 0.804. The lowest BCUT2D eigenvalue weighted by molar-refractivity contribution is -0.137. The zero-order valence-corrected chi connectivity index (χ0v) is 10.9. The first kappa shape index (κ1) is 13.4. The average molecular weight is 305 g/mol. The van der Waals surface area contributed by atoms with E-state index in [0.717, 1.165) is 23.2 Å². The third-order valence-electron chi connectivity index (χ3n) is 3.23. The molecule has 1 fully saturated rings. The van der Waals surface area contributed by atoms with E-state index in [1.165, 1.54) is 0 Å². The summed E-state index contributed by atoms with van der Waals surface area (Å²) in [7, 11) is -4.15. The number of nitrogens with zero attached hydrogens (tertiary/aromatic N) is 2. The number of fused-ring (bicyclic) bond motifs is 1. The summed E-state index contributed by atoms with van der Waals surface area (Å²) in [6.45, 7) is 0. The van der Waals surface area contributed by atoms with E-state index in [4.69, 9.17) is 5.84 Å². The van der Waals surface area contributed by atoms with Gasteiger partial charge in [-0.2, -0.15) is 21.6 Å². The maximum Gasteiger partial charge on any atom is 0.418 e. The molecule has 1 aromatic rings. The number of nitrogens with two attached hydrogens (primary N) is 1. The van der Waals surface area contributed by atoms with Crippen molar-refractivity contribution in [3.8, 4) is 0 Å². The normalized spacial score (nSPS) is 21.4. The zero-order chi connectivity index (χ0) is 14.7. The van der Waals surface area contributed by atoms with Gasteiger partial charge in [0, 0.05) is 5.92 Å². The van der Waals surface area contributed by atoms with Crippen LogP contribution >= 0.6 is 0 Å². The molecule has 1 saturated carbocycles. The number of alkyl halides is 3. The minimum absolute atomic E-state index is 0.0193. The van der Waals surface area contributed by atoms with Crippen LogP contribution in [-0.2, 0) is 16.2 Å². The minimum atomic E-state index is -4.69. The van der Waals surface area contributed by atoms with Crippen molar-refractivity contribution in [1.29, 1.82) is 0 Å². The number of benzene rings is 1. The van der Waals surface area contributed by atoms with E-state index in [1.54, 1.807) is 0 Å². The van der Waals surface area contributed by atoms with Crippen molar-refractivity contribution < 1.29 is 21.6 Å². The van der Waals surface area contributed by atoms with E-state index < -0.39 is 32.3 Å². The molecule has 3 rings (SSSR count). The lowest BCUT2D eigenvalue weighted by atomic mass is 10.1. The van der Waals surface area contributed by atoms with E-state index in [9.17, 15) is 21.6 Å². The smallest absolute Gasteiger partial charge is 0.263 e. The fourth-order valence-electron chi connectivity index (χ4n) is 2.15. The van der Waals surface area contributed by atoms with Gasteiger partial charge in [0.15, 0.2) is 0 Å². The summed E-state index contributed by atoms with van der Waals surface area (Å²) in [4.78, 5) is -0.515. The van der Waals surface area contributed by atoms with E-state index in [1.807, 2.05) is 0 Å². The fraction of sp³-hybridized carbons (Fsp3) is 0.364. The van der Waals surface area contributed by atoms with E-state index in [2.05, 4.69) is 4.40 Å². The Morgan fingerprint density at radius 2 is 1.95 bits per heavy atom. The Morgan fingerprint density at radius 3 is 2.50 bits per heavy atom. The van der Waals surface area contributed by atoms with Crippen LogP contribution in [0.15, 0.2) is 27.5 Å². The molecular formula is C11H10F3N3O2S. The van der Waals surface area contributed by atoms with Crippen molar-refractivity contribution in [2.24, 2.45) is 16.2 Å². The Morgan fingerprint density at radius 1 is 1.30 bits per heavy atom. The number of halogens is 3. The summed E-state index contributed by atoms with van der Waals surface area (Å²) in [6, 6.07) is 2.92. The number of amidine groups is 1. The fourth-order valence-corrected chi connectivity index (χ4v) is 3.44. The Bertz CT molecular complexity index is 708. The highest BCUT2D eigenvalue weighted by Gasteiger charge is 2.44. The first-order chi connectivity index (χ1) is 9.22. The second kappa shape index (κ2) is 3.95. The molecule has 9 heteroatoms. The molecular weight excluding hydrogens is 295 g/mol. The second-order valence-corrected chi connectivity index (χ2v) is 6.29. The third kappa shape index (κ3) is 1.97. The van der Waals surface area contributed by atoms with Gasteiger partial charge in [0.25, 0.3) is 10.0 Å². The first-order valence-corrected chi connectivity index (χ1v) is 7.26. The Kier molecular flexibility index (Phi) is 2.64. The summed E-state index contributed by atoms with van der Waals surface area (Å²) >= 11 is 0. The largest absolute Gasteiger partial charge is 0.418 e. The lowest BCUT2D eigenvalue weighted by Crippen LogP contribution is -2.43. The monoisotopic (exact) mass is 305 g/mol. The minimum Gasteiger partial charge on any atom is -0.263 e. The van der Waals surface area contributed by atoms with Crippen LogP contribution in [0.4, 0.5) is 18.9 Å². The van der Waals surface area contributed by atoms with Gasteiger partial charge in [0.2, 0.25) is 0 Å². The van der Waals surface area contributed by atoms with Gasteiger partial charge in [-0.25, -0.2) is 5.84 Å². The molecule has 2 aliphatic rings. The summed E-state index contributed by atoms with van der Waals surface area (Å²) in [5, 5.41) is 0.761. The second-order valence-electron chi connectivity index (χ2n) is 4.72. The van der Waals surface area contributed by atoms with Crippen molar-refractivity contribution in [1.82, 2.24) is 0 Å². The molecule has 0 amide bonds. The van der Waals surface area contributed by atoms with Gasteiger partial charge < -0.3 is 0 Å². The molecule has 0 radical (unpaired) electrons. The molecule has 1 heterocycles. The van der Waals surface area contributed by atoms with Crippen LogP contribution in [0.3, 0.4) is 0 Å². The number of para-hydroxylation sites is 1. The summed E-state index contributed by atoms with van der Waals surface area (Å²) in [5.74, 6) is 5.48. The van der Waals surface area contributed by atoms with Gasteiger partial charge in [-0.3, -0.25) is 5.01 Å². The standard InChI is InChI=1S/C11H10F3N3O2S/c12-11(13,14)7-2-1-3-8-9(7)17(15)10(6-4-5-6)16-20(8,18)19/h1-3,6H,4-5,15H2. The van der Waals surface area contributed by atoms with Crippen molar-refractivity contribution in [2.45, 2.75) is 23.9 Å². The van der Waals surface area contributed by atoms with Crippen LogP contribution in [0.25, 0.3) is 0 Å². The van der Waals surface area contributed by atoms with Gasteiger partial charge in [-0.1, -0.05) is 6.07 Å². The number of hydrazine groups is 1. The topological polar surface area (TPSA) is 75.8 Å². The molecule has 20 heavy (non-hydrogen) atoms. The van der Waals surface area contributed by atoms with Gasteiger partial charge in [0.1, 0.15) is 10.7 Å². The Hall–Kier alpha value is -1.61. The molecule has 0 unspecified atom stereocenters. The summed E-state index contributed by atoms with van der Waals surface area (Å²) in [6.07, 6.45) is -3.35. The molecule has 2 N–H and O–H groups in total. The molecule has 0 spiro atoms. The van der Waals surface area contributed by atoms with E-state index >= 15 is 0 Å². The predicted octanol–water partition coefficient (Wildman–Crippen LogP) is 1.90. The van der Waals surface area contributed by atoms with Crippen LogP contribution in [0, 0.1) is 5.92 Å². The highest BCUT2D eigenvalue weighted by molar-refractivity contribution is 7.90. The van der Waals surface area contributed by atoms with Gasteiger partial charge in [0.05, 0.1) is 11.3 Å². The molecule has 1 aliphatic carbocycles. The summed E-state index contributed by atoms with van der Waals surface area (Å²) in [5.41, 5.74) is -1.62. The van der Waals surface area contributed by atoms with Crippen LogP contribution < -0.4 is 10.9 Å². The molecule has 0 aromatic heterocycles.